The van der Waals surface area contributed by atoms with E-state index >= 15 is 0 Å². The molecule has 1 N–H and O–H groups in total. The molecule has 0 aliphatic carbocycles. The van der Waals surface area contributed by atoms with Crippen LogP contribution < -0.4 is 5.32 Å². The third-order valence-electron chi connectivity index (χ3n) is 3.60. The van der Waals surface area contributed by atoms with E-state index in [1.807, 2.05) is 12.4 Å². The summed E-state index contributed by atoms with van der Waals surface area (Å²) in [4.78, 5) is 4.06. The number of rotatable bonds is 5. The number of aromatic nitrogens is 1. The monoisotopic (exact) mass is 234 g/mol. The SMILES string of the molecule is CNC(Cc1ccncc1)CC1CCOCC1. The van der Waals surface area contributed by atoms with E-state index in [9.17, 15) is 0 Å². The Hall–Kier alpha value is -0.930. The highest BCUT2D eigenvalue weighted by molar-refractivity contribution is 5.11. The highest BCUT2D eigenvalue weighted by atomic mass is 16.5. The Kier molecular flexibility index (Phi) is 4.95. The zero-order chi connectivity index (χ0) is 11.9. The highest BCUT2D eigenvalue weighted by Crippen LogP contribution is 2.21. The third kappa shape index (κ3) is 4.10. The van der Waals surface area contributed by atoms with Gasteiger partial charge in [-0.1, -0.05) is 0 Å². The number of nitrogens with zero attached hydrogens (tertiary/aromatic N) is 1. The molecule has 3 nitrogen and oxygen atoms in total. The van der Waals surface area contributed by atoms with Crippen LogP contribution in [0, 0.1) is 5.92 Å². The predicted molar refractivity (Wildman–Crippen MR) is 68.9 cm³/mol. The fourth-order valence-electron chi connectivity index (χ4n) is 2.49. The molecule has 0 radical (unpaired) electrons. The van der Waals surface area contributed by atoms with Crippen LogP contribution in [0.1, 0.15) is 24.8 Å². The molecule has 17 heavy (non-hydrogen) atoms. The van der Waals surface area contributed by atoms with Gasteiger partial charge in [0.25, 0.3) is 0 Å². The lowest BCUT2D eigenvalue weighted by molar-refractivity contribution is 0.0608. The normalized spacial score (nSPS) is 19.1. The van der Waals surface area contributed by atoms with E-state index in [0.29, 0.717) is 6.04 Å². The van der Waals surface area contributed by atoms with Crippen LogP contribution >= 0.6 is 0 Å². The van der Waals surface area contributed by atoms with Crippen molar-refractivity contribution in [3.8, 4) is 0 Å². The van der Waals surface area contributed by atoms with E-state index in [1.165, 1.54) is 24.8 Å². The molecular formula is C14H22N2O. The standard InChI is InChI=1S/C14H22N2O/c1-15-14(10-12-2-6-16-7-3-12)11-13-4-8-17-9-5-13/h2-3,6-7,13-15H,4-5,8-11H2,1H3. The molecule has 0 aromatic carbocycles. The maximum absolute atomic E-state index is 5.40. The van der Waals surface area contributed by atoms with Crippen molar-refractivity contribution in [2.24, 2.45) is 5.92 Å². The van der Waals surface area contributed by atoms with Gasteiger partial charge in [-0.15, -0.1) is 0 Å². The Morgan fingerprint density at radius 2 is 2.06 bits per heavy atom. The lowest BCUT2D eigenvalue weighted by atomic mass is 9.90. The molecule has 1 saturated heterocycles. The molecule has 94 valence electrons. The second-order valence-electron chi connectivity index (χ2n) is 4.84. The summed E-state index contributed by atoms with van der Waals surface area (Å²) in [5.74, 6) is 0.822. The summed E-state index contributed by atoms with van der Waals surface area (Å²) in [7, 11) is 2.06. The van der Waals surface area contributed by atoms with Crippen LogP contribution in [0.4, 0.5) is 0 Å². The van der Waals surface area contributed by atoms with E-state index in [0.717, 1.165) is 25.6 Å². The van der Waals surface area contributed by atoms with E-state index in [4.69, 9.17) is 4.74 Å². The van der Waals surface area contributed by atoms with Gasteiger partial charge in [-0.2, -0.15) is 0 Å². The van der Waals surface area contributed by atoms with Crippen molar-refractivity contribution < 1.29 is 4.74 Å². The first-order valence-electron chi connectivity index (χ1n) is 6.52. The van der Waals surface area contributed by atoms with E-state index < -0.39 is 0 Å². The van der Waals surface area contributed by atoms with E-state index in [1.54, 1.807) is 0 Å². The second-order valence-corrected chi connectivity index (χ2v) is 4.84. The molecule has 1 aliphatic rings. The van der Waals surface area contributed by atoms with Gasteiger partial charge in [-0.3, -0.25) is 4.98 Å². The van der Waals surface area contributed by atoms with Gasteiger partial charge in [0.2, 0.25) is 0 Å². The van der Waals surface area contributed by atoms with E-state index in [2.05, 4.69) is 29.5 Å². The fourth-order valence-corrected chi connectivity index (χ4v) is 2.49. The van der Waals surface area contributed by atoms with Gasteiger partial charge in [0.15, 0.2) is 0 Å². The van der Waals surface area contributed by atoms with Crippen LogP contribution in [0.2, 0.25) is 0 Å². The van der Waals surface area contributed by atoms with Crippen molar-refractivity contribution in [3.63, 3.8) is 0 Å². The largest absolute Gasteiger partial charge is 0.381 e. The zero-order valence-corrected chi connectivity index (χ0v) is 10.6. The first-order chi connectivity index (χ1) is 8.38. The molecule has 1 unspecified atom stereocenters. The summed E-state index contributed by atoms with van der Waals surface area (Å²) in [6.07, 6.45) is 8.52. The summed E-state index contributed by atoms with van der Waals surface area (Å²) in [5.41, 5.74) is 1.37. The minimum Gasteiger partial charge on any atom is -0.381 e. The Bertz CT molecular complexity index is 309. The van der Waals surface area contributed by atoms with Crippen molar-refractivity contribution in [2.45, 2.75) is 31.7 Å². The quantitative estimate of drug-likeness (QED) is 0.846. The van der Waals surface area contributed by atoms with Crippen molar-refractivity contribution >= 4 is 0 Å². The van der Waals surface area contributed by atoms with E-state index in [-0.39, 0.29) is 0 Å². The zero-order valence-electron chi connectivity index (χ0n) is 10.6. The number of hydrogen-bond donors (Lipinski definition) is 1. The van der Waals surface area contributed by atoms with Crippen molar-refractivity contribution in [1.82, 2.24) is 10.3 Å². The molecular weight excluding hydrogens is 212 g/mol. The summed E-state index contributed by atoms with van der Waals surface area (Å²) < 4.78 is 5.40. The lowest BCUT2D eigenvalue weighted by Crippen LogP contribution is -2.31. The number of likely N-dealkylation sites (N-methyl/N-ethyl adjacent to an activating group) is 1. The molecule has 1 atom stereocenters. The van der Waals surface area contributed by atoms with Crippen LogP contribution in [-0.4, -0.2) is 31.3 Å². The second kappa shape index (κ2) is 6.72. The van der Waals surface area contributed by atoms with Crippen LogP contribution in [0.5, 0.6) is 0 Å². The minimum atomic E-state index is 0.570. The third-order valence-corrected chi connectivity index (χ3v) is 3.60. The van der Waals surface area contributed by atoms with Gasteiger partial charge in [0, 0.05) is 31.6 Å². The Labute approximate surface area is 104 Å². The van der Waals surface area contributed by atoms with Crippen molar-refractivity contribution in [1.29, 1.82) is 0 Å². The summed E-state index contributed by atoms with van der Waals surface area (Å²) in [5, 5.41) is 3.44. The molecule has 1 aliphatic heterocycles. The Morgan fingerprint density at radius 3 is 2.71 bits per heavy atom. The fraction of sp³-hybridized carbons (Fsp3) is 0.643. The van der Waals surface area contributed by atoms with Gasteiger partial charge in [-0.25, -0.2) is 0 Å². The summed E-state index contributed by atoms with van der Waals surface area (Å²) in [6.45, 7) is 1.88. The minimum absolute atomic E-state index is 0.570. The Morgan fingerprint density at radius 1 is 1.35 bits per heavy atom. The van der Waals surface area contributed by atoms with Crippen molar-refractivity contribution in [3.05, 3.63) is 30.1 Å². The van der Waals surface area contributed by atoms with Gasteiger partial charge >= 0.3 is 0 Å². The smallest absolute Gasteiger partial charge is 0.0468 e. The van der Waals surface area contributed by atoms with Crippen LogP contribution in [-0.2, 0) is 11.2 Å². The maximum atomic E-state index is 5.40. The molecule has 1 aromatic rings. The van der Waals surface area contributed by atoms with Gasteiger partial charge in [-0.05, 0) is 56.3 Å². The van der Waals surface area contributed by atoms with Gasteiger partial charge < -0.3 is 10.1 Å². The van der Waals surface area contributed by atoms with Gasteiger partial charge in [0.1, 0.15) is 0 Å². The first kappa shape index (κ1) is 12.5. The van der Waals surface area contributed by atoms with Crippen LogP contribution in [0.3, 0.4) is 0 Å². The van der Waals surface area contributed by atoms with Crippen LogP contribution in [0.25, 0.3) is 0 Å². The lowest BCUT2D eigenvalue weighted by Gasteiger charge is -2.26. The number of hydrogen-bond acceptors (Lipinski definition) is 3. The average molecular weight is 234 g/mol. The predicted octanol–water partition coefficient (Wildman–Crippen LogP) is 2.03. The molecule has 0 amide bonds. The Balaban J connectivity index is 1.83. The molecule has 2 heterocycles. The number of nitrogens with one attached hydrogen (secondary N) is 1. The summed E-state index contributed by atoms with van der Waals surface area (Å²) in [6, 6.07) is 4.78. The number of ether oxygens (including phenoxy) is 1. The first-order valence-corrected chi connectivity index (χ1v) is 6.52. The molecule has 1 aromatic heterocycles. The van der Waals surface area contributed by atoms with Crippen LogP contribution in [0.15, 0.2) is 24.5 Å². The highest BCUT2D eigenvalue weighted by Gasteiger charge is 2.18. The molecule has 3 heteroatoms. The number of pyridine rings is 1. The van der Waals surface area contributed by atoms with Gasteiger partial charge in [0.05, 0.1) is 0 Å². The molecule has 0 spiro atoms. The molecule has 0 saturated carbocycles. The average Bonchev–Trinajstić information content (AvgIpc) is 2.40. The van der Waals surface area contributed by atoms with Crippen molar-refractivity contribution in [2.75, 3.05) is 20.3 Å². The topological polar surface area (TPSA) is 34.2 Å². The molecule has 1 fully saturated rings. The summed E-state index contributed by atoms with van der Waals surface area (Å²) >= 11 is 0. The molecule has 0 bridgehead atoms. The molecule has 2 rings (SSSR count). The maximum Gasteiger partial charge on any atom is 0.0468 e.